The van der Waals surface area contributed by atoms with Gasteiger partial charge >= 0.3 is 0 Å². The molecule has 0 saturated carbocycles. The van der Waals surface area contributed by atoms with E-state index in [1.54, 1.807) is 22.5 Å². The number of amides is 1. The van der Waals surface area contributed by atoms with Crippen molar-refractivity contribution in [1.29, 1.82) is 0 Å². The van der Waals surface area contributed by atoms with E-state index in [1.165, 1.54) is 24.0 Å². The highest BCUT2D eigenvalue weighted by molar-refractivity contribution is 6.04. The fourth-order valence-corrected chi connectivity index (χ4v) is 3.71. The maximum absolute atomic E-state index is 14.2. The summed E-state index contributed by atoms with van der Waals surface area (Å²) in [4.78, 5) is 33.4. The normalized spacial score (nSPS) is 12.4. The average molecular weight is 456 g/mol. The van der Waals surface area contributed by atoms with Crippen molar-refractivity contribution in [3.8, 4) is 11.3 Å². The number of aromatic nitrogens is 7. The molecule has 12 heteroatoms. The quantitative estimate of drug-likeness (QED) is 0.345. The Bertz CT molecular complexity index is 1370. The fourth-order valence-electron chi connectivity index (χ4n) is 3.71. The van der Waals surface area contributed by atoms with Crippen LogP contribution in [0.3, 0.4) is 0 Å². The van der Waals surface area contributed by atoms with E-state index in [4.69, 9.17) is 5.11 Å². The van der Waals surface area contributed by atoms with Gasteiger partial charge in [0.25, 0.3) is 11.5 Å². The molecule has 0 spiro atoms. The van der Waals surface area contributed by atoms with Crippen molar-refractivity contribution in [2.45, 2.75) is 26.3 Å². The van der Waals surface area contributed by atoms with Crippen LogP contribution >= 0.6 is 0 Å². The Morgan fingerprint density at radius 1 is 1.30 bits per heavy atom. The summed E-state index contributed by atoms with van der Waals surface area (Å²) >= 11 is 0. The molecule has 3 N–H and O–H groups in total. The second-order valence-corrected chi connectivity index (χ2v) is 8.10. The lowest BCUT2D eigenvalue weighted by atomic mass is 10.1. The Kier molecular flexibility index (Phi) is 6.09. The Labute approximate surface area is 187 Å². The Morgan fingerprint density at radius 3 is 2.79 bits per heavy atom. The van der Waals surface area contributed by atoms with E-state index in [-0.39, 0.29) is 40.9 Å². The third-order valence-electron chi connectivity index (χ3n) is 5.37. The molecule has 33 heavy (non-hydrogen) atoms. The first kappa shape index (κ1) is 22.4. The van der Waals surface area contributed by atoms with Crippen LogP contribution in [0.5, 0.6) is 0 Å². The largest absolute Gasteiger partial charge is 0.396 e. The topological polar surface area (TPSA) is 136 Å². The predicted octanol–water partition coefficient (Wildman–Crippen LogP) is 1.66. The van der Waals surface area contributed by atoms with E-state index < -0.39 is 11.9 Å². The lowest BCUT2D eigenvalue weighted by Gasteiger charge is -2.15. The van der Waals surface area contributed by atoms with Crippen LogP contribution in [0.4, 0.5) is 10.3 Å². The molecule has 4 rings (SSSR count). The number of aliphatic hydroxyl groups is 1. The summed E-state index contributed by atoms with van der Waals surface area (Å²) in [5.41, 5.74) is 1.04. The van der Waals surface area contributed by atoms with Crippen molar-refractivity contribution in [3.63, 3.8) is 0 Å². The number of pyridine rings is 1. The van der Waals surface area contributed by atoms with Crippen molar-refractivity contribution in [2.24, 2.45) is 20.0 Å². The van der Waals surface area contributed by atoms with E-state index >= 15 is 0 Å². The summed E-state index contributed by atoms with van der Waals surface area (Å²) in [6.07, 6.45) is 4.61. The molecule has 1 amide bonds. The molecule has 0 aliphatic rings. The molecule has 0 bridgehead atoms. The zero-order chi connectivity index (χ0) is 23.7. The molecule has 4 aromatic rings. The van der Waals surface area contributed by atoms with E-state index in [0.717, 1.165) is 12.5 Å². The standard InChI is InChI=1S/C21H25FN8O3/c1-12(5-4-6-31)10-30-18-16(11-28(2)27-18)25-21(30)26-19(32)13-7-15(24-17(22)8-13)14-9-23-29(3)20(14)33/h7-9,11-12,23,31H,4-6,10H2,1-3H3,(H,25,26,32)/t12-/m1/s1. The van der Waals surface area contributed by atoms with E-state index in [1.807, 2.05) is 6.92 Å². The van der Waals surface area contributed by atoms with Crippen LogP contribution in [0.2, 0.25) is 0 Å². The van der Waals surface area contributed by atoms with Crippen LogP contribution in [0.1, 0.15) is 30.1 Å². The highest BCUT2D eigenvalue weighted by Crippen LogP contribution is 2.23. The van der Waals surface area contributed by atoms with Crippen LogP contribution in [0.25, 0.3) is 22.4 Å². The van der Waals surface area contributed by atoms with Gasteiger partial charge in [-0.2, -0.15) is 9.49 Å². The van der Waals surface area contributed by atoms with Gasteiger partial charge in [0.15, 0.2) is 5.65 Å². The molecule has 0 saturated heterocycles. The molecule has 0 aliphatic heterocycles. The van der Waals surface area contributed by atoms with Gasteiger partial charge < -0.3 is 10.2 Å². The number of aromatic amines is 1. The highest BCUT2D eigenvalue weighted by Gasteiger charge is 2.20. The summed E-state index contributed by atoms with van der Waals surface area (Å²) in [6.45, 7) is 2.67. The van der Waals surface area contributed by atoms with Gasteiger partial charge in [0.1, 0.15) is 5.52 Å². The number of carbonyl (C=O) groups excluding carboxylic acids is 1. The number of H-pyrrole nitrogens is 1. The number of rotatable bonds is 8. The summed E-state index contributed by atoms with van der Waals surface area (Å²) in [7, 11) is 3.31. The molecular formula is C21H25FN8O3. The summed E-state index contributed by atoms with van der Waals surface area (Å²) in [5.74, 6) is -0.993. The van der Waals surface area contributed by atoms with E-state index in [2.05, 4.69) is 25.5 Å². The maximum atomic E-state index is 14.2. The fraction of sp³-hybridized carbons (Fsp3) is 0.381. The van der Waals surface area contributed by atoms with Gasteiger partial charge in [-0.3, -0.25) is 28.8 Å². The van der Waals surface area contributed by atoms with E-state index in [9.17, 15) is 14.0 Å². The average Bonchev–Trinajstić information content (AvgIpc) is 3.39. The van der Waals surface area contributed by atoms with Crippen LogP contribution in [-0.4, -0.2) is 51.7 Å². The van der Waals surface area contributed by atoms with Gasteiger partial charge in [-0.05, 0) is 24.8 Å². The van der Waals surface area contributed by atoms with Gasteiger partial charge in [-0.1, -0.05) is 6.92 Å². The zero-order valence-electron chi connectivity index (χ0n) is 18.5. The highest BCUT2D eigenvalue weighted by atomic mass is 19.1. The SMILES string of the molecule is C[C@H](CCCO)Cn1c(NC(=O)c2cc(F)nc(-c3c[nH]n(C)c3=O)c2)nc2cn(C)nc21. The molecular weight excluding hydrogens is 431 g/mol. The minimum Gasteiger partial charge on any atom is -0.396 e. The molecule has 1 atom stereocenters. The minimum absolute atomic E-state index is 0.00169. The zero-order valence-corrected chi connectivity index (χ0v) is 18.5. The number of anilines is 1. The Balaban J connectivity index is 1.65. The lowest BCUT2D eigenvalue weighted by Crippen LogP contribution is -2.19. The van der Waals surface area contributed by atoms with Crippen molar-refractivity contribution in [2.75, 3.05) is 11.9 Å². The number of carbonyl (C=O) groups is 1. The number of imidazole rings is 1. The van der Waals surface area contributed by atoms with Gasteiger partial charge in [0.05, 0.1) is 17.5 Å². The summed E-state index contributed by atoms with van der Waals surface area (Å²) in [6, 6.07) is 2.36. The van der Waals surface area contributed by atoms with Crippen molar-refractivity contribution in [1.82, 2.24) is 34.1 Å². The monoisotopic (exact) mass is 456 g/mol. The lowest BCUT2D eigenvalue weighted by molar-refractivity contribution is 0.102. The number of hydrogen-bond donors (Lipinski definition) is 3. The predicted molar refractivity (Wildman–Crippen MR) is 119 cm³/mol. The second-order valence-electron chi connectivity index (χ2n) is 8.10. The van der Waals surface area contributed by atoms with Crippen molar-refractivity contribution < 1.29 is 14.3 Å². The van der Waals surface area contributed by atoms with Gasteiger partial charge in [-0.25, -0.2) is 9.97 Å². The van der Waals surface area contributed by atoms with Gasteiger partial charge in [0, 0.05) is 45.1 Å². The summed E-state index contributed by atoms with van der Waals surface area (Å²) in [5, 5.41) is 19.0. The molecule has 0 aliphatic carbocycles. The second kappa shape index (κ2) is 8.98. The molecule has 0 aromatic carbocycles. The minimum atomic E-state index is -0.880. The molecule has 0 radical (unpaired) electrons. The van der Waals surface area contributed by atoms with Gasteiger partial charge in [-0.15, -0.1) is 0 Å². The first-order chi connectivity index (χ1) is 15.8. The van der Waals surface area contributed by atoms with Crippen LogP contribution in [0.15, 0.2) is 29.3 Å². The third kappa shape index (κ3) is 4.55. The molecule has 0 fully saturated rings. The number of hydrogen-bond acceptors (Lipinski definition) is 6. The number of halogens is 1. The summed E-state index contributed by atoms with van der Waals surface area (Å²) < 4.78 is 18.9. The first-order valence-corrected chi connectivity index (χ1v) is 10.5. The first-order valence-electron chi connectivity index (χ1n) is 10.5. The number of aryl methyl sites for hydroxylation is 2. The van der Waals surface area contributed by atoms with E-state index in [0.29, 0.717) is 24.1 Å². The number of aliphatic hydroxyl groups excluding tert-OH is 1. The molecule has 0 unspecified atom stereocenters. The number of fused-ring (bicyclic) bond motifs is 1. The number of nitrogens with zero attached hydrogens (tertiary/aromatic N) is 6. The Hall–Kier alpha value is -3.80. The Morgan fingerprint density at radius 2 is 2.09 bits per heavy atom. The number of nitrogens with one attached hydrogen (secondary N) is 2. The molecule has 11 nitrogen and oxygen atoms in total. The maximum Gasteiger partial charge on any atom is 0.275 e. The third-order valence-corrected chi connectivity index (χ3v) is 5.37. The van der Waals surface area contributed by atoms with Crippen LogP contribution in [-0.2, 0) is 20.6 Å². The molecule has 174 valence electrons. The van der Waals surface area contributed by atoms with Crippen molar-refractivity contribution >= 4 is 23.0 Å². The van der Waals surface area contributed by atoms with Crippen LogP contribution < -0.4 is 10.9 Å². The van der Waals surface area contributed by atoms with Crippen molar-refractivity contribution in [3.05, 3.63) is 46.4 Å². The molecule has 4 aromatic heterocycles. The van der Waals surface area contributed by atoms with Gasteiger partial charge in [0.2, 0.25) is 11.9 Å². The smallest absolute Gasteiger partial charge is 0.275 e. The van der Waals surface area contributed by atoms with Crippen LogP contribution in [0, 0.1) is 11.9 Å². The molecule has 4 heterocycles.